The fourth-order valence-electron chi connectivity index (χ4n) is 1.98. The summed E-state index contributed by atoms with van der Waals surface area (Å²) >= 11 is 3.36. The van der Waals surface area contributed by atoms with Crippen LogP contribution in [0.5, 0.6) is 5.75 Å². The summed E-state index contributed by atoms with van der Waals surface area (Å²) in [6.07, 6.45) is 0.829. The molecule has 0 heterocycles. The minimum Gasteiger partial charge on any atom is -0.484 e. The Morgan fingerprint density at radius 2 is 2.00 bits per heavy atom. The van der Waals surface area contributed by atoms with E-state index in [0.717, 1.165) is 10.9 Å². The Kier molecular flexibility index (Phi) is 5.81. The van der Waals surface area contributed by atoms with E-state index in [1.54, 1.807) is 0 Å². The second-order valence-corrected chi connectivity index (χ2v) is 5.69. The van der Waals surface area contributed by atoms with E-state index in [0.29, 0.717) is 12.3 Å². The first-order valence-corrected chi connectivity index (χ1v) is 7.64. The monoisotopic (exact) mass is 347 g/mol. The lowest BCUT2D eigenvalue weighted by molar-refractivity contribution is -0.123. The fourth-order valence-corrected chi connectivity index (χ4v) is 2.36. The maximum absolute atomic E-state index is 11.7. The fraction of sp³-hybridized carbons (Fsp3) is 0.235. The number of amides is 1. The van der Waals surface area contributed by atoms with Gasteiger partial charge in [0.15, 0.2) is 6.61 Å². The van der Waals surface area contributed by atoms with Crippen molar-refractivity contribution >= 4 is 21.8 Å². The number of halogens is 1. The number of carbonyl (C=O) groups excluding carboxylic acids is 1. The van der Waals surface area contributed by atoms with Gasteiger partial charge in [-0.3, -0.25) is 4.79 Å². The molecule has 0 bridgehead atoms. The molecule has 110 valence electrons. The normalized spacial score (nSPS) is 10.2. The third-order valence-electron chi connectivity index (χ3n) is 3.14. The number of benzene rings is 2. The molecule has 0 fully saturated rings. The van der Waals surface area contributed by atoms with Crippen molar-refractivity contribution in [1.29, 1.82) is 0 Å². The van der Waals surface area contributed by atoms with Crippen molar-refractivity contribution in [3.8, 4) is 5.75 Å². The van der Waals surface area contributed by atoms with Crippen molar-refractivity contribution in [2.24, 2.45) is 0 Å². The Balaban J connectivity index is 1.72. The van der Waals surface area contributed by atoms with Gasteiger partial charge in [0.05, 0.1) is 0 Å². The molecule has 3 nitrogen and oxygen atoms in total. The van der Waals surface area contributed by atoms with Gasteiger partial charge in [-0.1, -0.05) is 46.3 Å². The number of hydrogen-bond donors (Lipinski definition) is 1. The van der Waals surface area contributed by atoms with Crippen molar-refractivity contribution < 1.29 is 9.53 Å². The summed E-state index contributed by atoms with van der Waals surface area (Å²) in [5, 5.41) is 2.87. The molecule has 0 aliphatic rings. The molecule has 2 aromatic rings. The van der Waals surface area contributed by atoms with Crippen LogP contribution in [-0.2, 0) is 11.2 Å². The van der Waals surface area contributed by atoms with Crippen LogP contribution in [0.2, 0.25) is 0 Å². The van der Waals surface area contributed by atoms with E-state index in [1.165, 1.54) is 11.1 Å². The van der Waals surface area contributed by atoms with Crippen molar-refractivity contribution in [1.82, 2.24) is 5.32 Å². The van der Waals surface area contributed by atoms with E-state index in [-0.39, 0.29) is 12.5 Å². The lowest BCUT2D eigenvalue weighted by Crippen LogP contribution is -2.30. The van der Waals surface area contributed by atoms with E-state index in [4.69, 9.17) is 4.74 Å². The SMILES string of the molecule is Cc1ccccc1CCNC(=O)COc1cccc(Br)c1. The molecule has 1 amide bonds. The largest absolute Gasteiger partial charge is 0.484 e. The maximum atomic E-state index is 11.7. The number of rotatable bonds is 6. The average molecular weight is 348 g/mol. The minimum absolute atomic E-state index is 0.0320. The van der Waals surface area contributed by atoms with Crippen LogP contribution in [0.1, 0.15) is 11.1 Å². The molecular weight excluding hydrogens is 330 g/mol. The van der Waals surface area contributed by atoms with E-state index < -0.39 is 0 Å². The van der Waals surface area contributed by atoms with Gasteiger partial charge in [0.1, 0.15) is 5.75 Å². The molecule has 0 aliphatic carbocycles. The Morgan fingerprint density at radius 1 is 1.19 bits per heavy atom. The van der Waals surface area contributed by atoms with Gasteiger partial charge in [0.2, 0.25) is 0 Å². The third kappa shape index (κ3) is 5.23. The second-order valence-electron chi connectivity index (χ2n) is 4.77. The average Bonchev–Trinajstić information content (AvgIpc) is 2.47. The van der Waals surface area contributed by atoms with Crippen LogP contribution in [0.25, 0.3) is 0 Å². The minimum atomic E-state index is -0.108. The zero-order chi connectivity index (χ0) is 15.1. The van der Waals surface area contributed by atoms with Gasteiger partial charge in [-0.15, -0.1) is 0 Å². The topological polar surface area (TPSA) is 38.3 Å². The summed E-state index contributed by atoms with van der Waals surface area (Å²) in [5.74, 6) is 0.571. The van der Waals surface area contributed by atoms with Gasteiger partial charge in [0, 0.05) is 11.0 Å². The first-order valence-electron chi connectivity index (χ1n) is 6.85. The zero-order valence-corrected chi connectivity index (χ0v) is 13.5. The Bertz CT molecular complexity index is 613. The number of hydrogen-bond acceptors (Lipinski definition) is 2. The highest BCUT2D eigenvalue weighted by Gasteiger charge is 2.03. The van der Waals surface area contributed by atoms with Crippen molar-refractivity contribution in [3.05, 3.63) is 64.1 Å². The van der Waals surface area contributed by atoms with Gasteiger partial charge < -0.3 is 10.1 Å². The van der Waals surface area contributed by atoms with Crippen LogP contribution in [0.4, 0.5) is 0 Å². The van der Waals surface area contributed by atoms with Gasteiger partial charge >= 0.3 is 0 Å². The number of carbonyl (C=O) groups is 1. The molecular formula is C17H18BrNO2. The predicted molar refractivity (Wildman–Crippen MR) is 87.5 cm³/mol. The standard InChI is InChI=1S/C17H18BrNO2/c1-13-5-2-3-6-14(13)9-10-19-17(20)12-21-16-8-4-7-15(18)11-16/h2-8,11H,9-10,12H2,1H3,(H,19,20). The molecule has 1 N–H and O–H groups in total. The van der Waals surface area contributed by atoms with Crippen LogP contribution in [0.3, 0.4) is 0 Å². The molecule has 0 saturated carbocycles. The molecule has 0 saturated heterocycles. The Morgan fingerprint density at radius 3 is 2.76 bits per heavy atom. The van der Waals surface area contributed by atoms with Crippen LogP contribution in [-0.4, -0.2) is 19.1 Å². The lowest BCUT2D eigenvalue weighted by atomic mass is 10.1. The maximum Gasteiger partial charge on any atom is 0.257 e. The highest BCUT2D eigenvalue weighted by molar-refractivity contribution is 9.10. The summed E-state index contributed by atoms with van der Waals surface area (Å²) in [7, 11) is 0. The summed E-state index contributed by atoms with van der Waals surface area (Å²) in [6, 6.07) is 15.6. The van der Waals surface area contributed by atoms with Crippen molar-refractivity contribution in [2.75, 3.05) is 13.2 Å². The van der Waals surface area contributed by atoms with E-state index in [2.05, 4.69) is 40.3 Å². The summed E-state index contributed by atoms with van der Waals surface area (Å²) in [4.78, 5) is 11.7. The summed E-state index contributed by atoms with van der Waals surface area (Å²) < 4.78 is 6.36. The van der Waals surface area contributed by atoms with Crippen LogP contribution in [0, 0.1) is 6.92 Å². The van der Waals surface area contributed by atoms with E-state index in [9.17, 15) is 4.79 Å². The Hall–Kier alpha value is -1.81. The molecule has 4 heteroatoms. The van der Waals surface area contributed by atoms with Crippen molar-refractivity contribution in [3.63, 3.8) is 0 Å². The molecule has 0 aliphatic heterocycles. The number of aryl methyl sites for hydroxylation is 1. The van der Waals surface area contributed by atoms with E-state index in [1.807, 2.05) is 36.4 Å². The zero-order valence-electron chi connectivity index (χ0n) is 11.9. The highest BCUT2D eigenvalue weighted by Crippen LogP contribution is 2.17. The van der Waals surface area contributed by atoms with E-state index >= 15 is 0 Å². The van der Waals surface area contributed by atoms with Crippen molar-refractivity contribution in [2.45, 2.75) is 13.3 Å². The molecule has 0 aromatic heterocycles. The van der Waals surface area contributed by atoms with Gasteiger partial charge in [-0.25, -0.2) is 0 Å². The first kappa shape index (κ1) is 15.6. The van der Waals surface area contributed by atoms with Crippen LogP contribution >= 0.6 is 15.9 Å². The first-order chi connectivity index (χ1) is 10.1. The number of nitrogens with one attached hydrogen (secondary N) is 1. The van der Waals surface area contributed by atoms with Gasteiger partial charge in [-0.05, 0) is 42.7 Å². The van der Waals surface area contributed by atoms with Gasteiger partial charge in [0.25, 0.3) is 5.91 Å². The lowest BCUT2D eigenvalue weighted by Gasteiger charge is -2.09. The molecule has 0 spiro atoms. The molecule has 2 rings (SSSR count). The summed E-state index contributed by atoms with van der Waals surface area (Å²) in [5.41, 5.74) is 2.50. The number of ether oxygens (including phenoxy) is 1. The predicted octanol–water partition coefficient (Wildman–Crippen LogP) is 3.50. The second kappa shape index (κ2) is 7.84. The molecule has 2 aromatic carbocycles. The van der Waals surface area contributed by atoms with Crippen LogP contribution in [0.15, 0.2) is 53.0 Å². The van der Waals surface area contributed by atoms with Crippen LogP contribution < -0.4 is 10.1 Å². The third-order valence-corrected chi connectivity index (χ3v) is 3.64. The quantitative estimate of drug-likeness (QED) is 0.868. The highest BCUT2D eigenvalue weighted by atomic mass is 79.9. The smallest absolute Gasteiger partial charge is 0.257 e. The molecule has 21 heavy (non-hydrogen) atoms. The van der Waals surface area contributed by atoms with Gasteiger partial charge in [-0.2, -0.15) is 0 Å². The summed E-state index contributed by atoms with van der Waals surface area (Å²) in [6.45, 7) is 2.73. The molecule has 0 atom stereocenters. The molecule has 0 radical (unpaired) electrons. The molecule has 0 unspecified atom stereocenters. The Labute approximate surface area is 133 Å².